The maximum atomic E-state index is 5.88. The number of nitrogens with zero attached hydrogens (tertiary/aromatic N) is 5. The van der Waals surface area contributed by atoms with Crippen LogP contribution < -0.4 is 0 Å². The molecule has 0 radical (unpaired) electrons. The fraction of sp³-hybridized carbons (Fsp3) is 0.190. The lowest BCUT2D eigenvalue weighted by molar-refractivity contribution is 0.218. The molecule has 0 aliphatic rings. The zero-order valence-corrected chi connectivity index (χ0v) is 15.4. The highest BCUT2D eigenvalue weighted by Crippen LogP contribution is 2.24. The average molecular weight is 359 g/mol. The smallest absolute Gasteiger partial charge is 0.247 e. The summed E-state index contributed by atoms with van der Waals surface area (Å²) in [5.41, 5.74) is 3.09. The molecule has 1 atom stereocenters. The molecule has 0 saturated heterocycles. The molecule has 0 aliphatic carbocycles. The quantitative estimate of drug-likeness (QED) is 0.518. The maximum Gasteiger partial charge on any atom is 0.247 e. The lowest BCUT2D eigenvalue weighted by Crippen LogP contribution is -2.22. The first-order valence-electron chi connectivity index (χ1n) is 8.89. The minimum Gasteiger partial charge on any atom is -0.419 e. The zero-order valence-electron chi connectivity index (χ0n) is 15.4. The normalized spacial score (nSPS) is 12.4. The summed E-state index contributed by atoms with van der Waals surface area (Å²) in [4.78, 5) is 2.16. The van der Waals surface area contributed by atoms with Gasteiger partial charge < -0.3 is 4.42 Å². The highest BCUT2D eigenvalue weighted by Gasteiger charge is 2.19. The predicted molar refractivity (Wildman–Crippen MR) is 103 cm³/mol. The van der Waals surface area contributed by atoms with Gasteiger partial charge in [-0.1, -0.05) is 36.4 Å². The van der Waals surface area contributed by atoms with Crippen LogP contribution in [0.15, 0.2) is 77.5 Å². The van der Waals surface area contributed by atoms with Crippen LogP contribution in [0.1, 0.15) is 24.4 Å². The molecule has 0 bridgehead atoms. The Morgan fingerprint density at radius 3 is 2.44 bits per heavy atom. The van der Waals surface area contributed by atoms with E-state index in [1.807, 2.05) is 84.8 Å². The van der Waals surface area contributed by atoms with E-state index in [1.165, 1.54) is 0 Å². The molecule has 6 heteroatoms. The summed E-state index contributed by atoms with van der Waals surface area (Å²) in [6.45, 7) is 2.79. The number of rotatable bonds is 6. The number of para-hydroxylation sites is 1. The predicted octanol–water partition coefficient (Wildman–Crippen LogP) is 4.12. The minimum atomic E-state index is -0.00459. The van der Waals surface area contributed by atoms with E-state index < -0.39 is 0 Å². The van der Waals surface area contributed by atoms with Crippen LogP contribution in [-0.4, -0.2) is 31.9 Å². The molecule has 2 heterocycles. The summed E-state index contributed by atoms with van der Waals surface area (Å²) in [7, 11) is 2.04. The Balaban J connectivity index is 1.45. The van der Waals surface area contributed by atoms with Crippen LogP contribution in [0.3, 0.4) is 0 Å². The van der Waals surface area contributed by atoms with Crippen molar-refractivity contribution in [2.24, 2.45) is 0 Å². The zero-order chi connectivity index (χ0) is 18.6. The van der Waals surface area contributed by atoms with Crippen LogP contribution in [0.25, 0.3) is 17.1 Å². The molecule has 0 saturated carbocycles. The van der Waals surface area contributed by atoms with E-state index in [9.17, 15) is 0 Å². The van der Waals surface area contributed by atoms with E-state index in [-0.39, 0.29) is 6.04 Å². The molecule has 6 nitrogen and oxygen atoms in total. The van der Waals surface area contributed by atoms with E-state index in [0.29, 0.717) is 11.8 Å². The summed E-state index contributed by atoms with van der Waals surface area (Å²) < 4.78 is 7.76. The van der Waals surface area contributed by atoms with Crippen molar-refractivity contribution >= 4 is 0 Å². The van der Waals surface area contributed by atoms with Gasteiger partial charge >= 0.3 is 0 Å². The average Bonchev–Trinajstić information content (AvgIpc) is 3.39. The lowest BCUT2D eigenvalue weighted by Gasteiger charge is -2.20. The fourth-order valence-corrected chi connectivity index (χ4v) is 2.88. The van der Waals surface area contributed by atoms with Crippen molar-refractivity contribution in [1.29, 1.82) is 0 Å². The second-order valence-corrected chi connectivity index (χ2v) is 6.53. The first kappa shape index (κ1) is 17.2. The van der Waals surface area contributed by atoms with Gasteiger partial charge in [0.25, 0.3) is 0 Å². The number of hydrogen-bond acceptors (Lipinski definition) is 5. The van der Waals surface area contributed by atoms with Gasteiger partial charge in [0, 0.05) is 23.9 Å². The first-order valence-corrected chi connectivity index (χ1v) is 8.89. The van der Waals surface area contributed by atoms with E-state index in [2.05, 4.69) is 27.1 Å². The molecular weight excluding hydrogens is 338 g/mol. The summed E-state index contributed by atoms with van der Waals surface area (Å²) in [5.74, 6) is 1.15. The topological polar surface area (TPSA) is 60.0 Å². The molecule has 4 aromatic rings. The third kappa shape index (κ3) is 3.80. The molecule has 0 fully saturated rings. The molecule has 136 valence electrons. The Hall–Kier alpha value is -3.25. The molecule has 1 unspecified atom stereocenters. The second-order valence-electron chi connectivity index (χ2n) is 6.53. The van der Waals surface area contributed by atoms with Gasteiger partial charge in [0.15, 0.2) is 0 Å². The van der Waals surface area contributed by atoms with Crippen LogP contribution in [0.4, 0.5) is 0 Å². The second kappa shape index (κ2) is 7.55. The van der Waals surface area contributed by atoms with Gasteiger partial charge in [-0.25, -0.2) is 4.68 Å². The van der Waals surface area contributed by atoms with E-state index in [0.717, 1.165) is 23.4 Å². The molecule has 2 aromatic carbocycles. The monoisotopic (exact) mass is 359 g/mol. The third-order valence-corrected chi connectivity index (χ3v) is 4.57. The molecular formula is C21H21N5O. The molecule has 0 amide bonds. The van der Waals surface area contributed by atoms with Gasteiger partial charge in [0.05, 0.1) is 17.9 Å². The van der Waals surface area contributed by atoms with Gasteiger partial charge in [0.2, 0.25) is 11.8 Å². The van der Waals surface area contributed by atoms with Gasteiger partial charge in [-0.15, -0.1) is 10.2 Å². The van der Waals surface area contributed by atoms with Crippen molar-refractivity contribution < 1.29 is 4.42 Å². The van der Waals surface area contributed by atoms with E-state index in [4.69, 9.17) is 4.42 Å². The highest BCUT2D eigenvalue weighted by molar-refractivity contribution is 5.51. The van der Waals surface area contributed by atoms with Crippen LogP contribution in [0.5, 0.6) is 0 Å². The van der Waals surface area contributed by atoms with Crippen molar-refractivity contribution in [3.05, 3.63) is 84.5 Å². The van der Waals surface area contributed by atoms with Gasteiger partial charge in [-0.3, -0.25) is 4.90 Å². The summed E-state index contributed by atoms with van der Waals surface area (Å²) in [5, 5.41) is 12.9. The molecule has 0 spiro atoms. The summed E-state index contributed by atoms with van der Waals surface area (Å²) in [6, 6.07) is 19.9. The Morgan fingerprint density at radius 2 is 1.70 bits per heavy atom. The number of hydrogen-bond donors (Lipinski definition) is 0. The Bertz CT molecular complexity index is 994. The van der Waals surface area contributed by atoms with Gasteiger partial charge in [-0.05, 0) is 38.2 Å². The number of aromatic nitrogens is 4. The molecule has 0 N–H and O–H groups in total. The Morgan fingerprint density at radius 1 is 1.00 bits per heavy atom. The van der Waals surface area contributed by atoms with Gasteiger partial charge in [0.1, 0.15) is 0 Å². The van der Waals surface area contributed by atoms with Crippen molar-refractivity contribution in [2.75, 3.05) is 7.05 Å². The number of benzene rings is 2. The first-order chi connectivity index (χ1) is 13.2. The minimum absolute atomic E-state index is 0.00459. The van der Waals surface area contributed by atoms with Crippen LogP contribution in [0.2, 0.25) is 0 Å². The standard InChI is InChI=1S/C21H21N5O/c1-16(20-23-24-21(27-20)18-9-5-3-6-10-18)25(2)14-17-13-22-26(15-17)19-11-7-4-8-12-19/h3-13,15-16H,14H2,1-2H3. The van der Waals surface area contributed by atoms with Crippen LogP contribution >= 0.6 is 0 Å². The Kier molecular flexibility index (Phi) is 4.80. The molecule has 27 heavy (non-hydrogen) atoms. The maximum absolute atomic E-state index is 5.88. The van der Waals surface area contributed by atoms with Crippen molar-refractivity contribution in [3.63, 3.8) is 0 Å². The van der Waals surface area contributed by atoms with E-state index in [1.54, 1.807) is 0 Å². The SMILES string of the molecule is CC(c1nnc(-c2ccccc2)o1)N(C)Cc1cnn(-c2ccccc2)c1. The summed E-state index contributed by atoms with van der Waals surface area (Å²) >= 11 is 0. The fourth-order valence-electron chi connectivity index (χ4n) is 2.88. The Labute approximate surface area is 158 Å². The summed E-state index contributed by atoms with van der Waals surface area (Å²) in [6.07, 6.45) is 3.93. The third-order valence-electron chi connectivity index (χ3n) is 4.57. The lowest BCUT2D eigenvalue weighted by atomic mass is 10.2. The molecule has 4 rings (SSSR count). The van der Waals surface area contributed by atoms with E-state index >= 15 is 0 Å². The van der Waals surface area contributed by atoms with Crippen molar-refractivity contribution in [3.8, 4) is 17.1 Å². The molecule has 0 aliphatic heterocycles. The van der Waals surface area contributed by atoms with Crippen LogP contribution in [-0.2, 0) is 6.54 Å². The molecule has 2 aromatic heterocycles. The van der Waals surface area contributed by atoms with Crippen LogP contribution in [0, 0.1) is 0 Å². The largest absolute Gasteiger partial charge is 0.419 e. The van der Waals surface area contributed by atoms with Crippen molar-refractivity contribution in [2.45, 2.75) is 19.5 Å². The van der Waals surface area contributed by atoms with Crippen molar-refractivity contribution in [1.82, 2.24) is 24.9 Å². The van der Waals surface area contributed by atoms with Gasteiger partial charge in [-0.2, -0.15) is 5.10 Å². The highest BCUT2D eigenvalue weighted by atomic mass is 16.4.